The summed E-state index contributed by atoms with van der Waals surface area (Å²) in [6.45, 7) is 2.88. The van der Waals surface area contributed by atoms with Gasteiger partial charge in [-0.1, -0.05) is 31.0 Å². The number of nitrogens with one attached hydrogen (secondary N) is 1. The van der Waals surface area contributed by atoms with Gasteiger partial charge in [-0.15, -0.1) is 0 Å². The van der Waals surface area contributed by atoms with E-state index in [0.717, 1.165) is 51.6 Å². The van der Waals surface area contributed by atoms with Crippen molar-refractivity contribution >= 4 is 27.3 Å². The van der Waals surface area contributed by atoms with Gasteiger partial charge in [0.05, 0.1) is 4.90 Å². The van der Waals surface area contributed by atoms with Gasteiger partial charge in [0.15, 0.2) is 0 Å². The number of carbonyl (C=O) groups excluding carboxylic acids is 1. The quantitative estimate of drug-likeness (QED) is 0.758. The summed E-state index contributed by atoms with van der Waals surface area (Å²) in [4.78, 5) is 15.3. The lowest BCUT2D eigenvalue weighted by atomic mass is 9.95. The topological polar surface area (TPSA) is 69.7 Å². The van der Waals surface area contributed by atoms with Crippen molar-refractivity contribution in [3.63, 3.8) is 0 Å². The molecule has 1 amide bonds. The molecule has 0 saturated carbocycles. The number of benzene rings is 2. The number of sulfonamides is 1. The van der Waals surface area contributed by atoms with E-state index >= 15 is 0 Å². The normalized spacial score (nSPS) is 19.0. The highest BCUT2D eigenvalue weighted by molar-refractivity contribution is 7.89. The SMILES string of the molecule is O=C(Nc1ccc(S(=O)(=O)N2CCCCCC2)cc1)C1CCN(c2ccccc2)CC1. The average molecular weight is 442 g/mol. The van der Waals surface area contributed by atoms with Gasteiger partial charge < -0.3 is 10.2 Å². The minimum absolute atomic E-state index is 0.0100. The Balaban J connectivity index is 1.33. The number of hydrogen-bond acceptors (Lipinski definition) is 4. The van der Waals surface area contributed by atoms with Gasteiger partial charge in [0.1, 0.15) is 0 Å². The first-order valence-electron chi connectivity index (χ1n) is 11.2. The molecule has 1 N–H and O–H groups in total. The van der Waals surface area contributed by atoms with Gasteiger partial charge in [0.25, 0.3) is 0 Å². The number of amides is 1. The molecular weight excluding hydrogens is 410 g/mol. The predicted octanol–water partition coefficient (Wildman–Crippen LogP) is 4.11. The summed E-state index contributed by atoms with van der Waals surface area (Å²) in [7, 11) is -3.47. The number of anilines is 2. The highest BCUT2D eigenvalue weighted by atomic mass is 32.2. The maximum Gasteiger partial charge on any atom is 0.243 e. The Bertz CT molecular complexity index is 961. The smallest absolute Gasteiger partial charge is 0.243 e. The molecule has 2 aromatic carbocycles. The molecule has 166 valence electrons. The summed E-state index contributed by atoms with van der Waals surface area (Å²) in [5, 5.41) is 2.97. The van der Waals surface area contributed by atoms with Crippen molar-refractivity contribution in [3.05, 3.63) is 54.6 Å². The first-order valence-corrected chi connectivity index (χ1v) is 12.7. The fourth-order valence-electron chi connectivity index (χ4n) is 4.42. The molecule has 0 aromatic heterocycles. The first-order chi connectivity index (χ1) is 15.0. The van der Waals surface area contributed by atoms with Crippen LogP contribution >= 0.6 is 0 Å². The monoisotopic (exact) mass is 441 g/mol. The van der Waals surface area contributed by atoms with Crippen LogP contribution < -0.4 is 10.2 Å². The Kier molecular flexibility index (Phi) is 6.92. The van der Waals surface area contributed by atoms with E-state index in [2.05, 4.69) is 22.3 Å². The van der Waals surface area contributed by atoms with Gasteiger partial charge in [0.2, 0.25) is 15.9 Å². The largest absolute Gasteiger partial charge is 0.371 e. The molecule has 2 saturated heterocycles. The molecule has 2 aromatic rings. The molecule has 4 rings (SSSR count). The van der Waals surface area contributed by atoms with Gasteiger partial charge in [0, 0.05) is 43.5 Å². The predicted molar refractivity (Wildman–Crippen MR) is 124 cm³/mol. The van der Waals surface area contributed by atoms with Gasteiger partial charge in [-0.3, -0.25) is 4.79 Å². The lowest BCUT2D eigenvalue weighted by Gasteiger charge is -2.33. The number of hydrogen-bond donors (Lipinski definition) is 1. The van der Waals surface area contributed by atoms with Crippen LogP contribution in [0.3, 0.4) is 0 Å². The highest BCUT2D eigenvalue weighted by Crippen LogP contribution is 2.25. The second-order valence-corrected chi connectivity index (χ2v) is 10.4. The van der Waals surface area contributed by atoms with Gasteiger partial charge in [-0.25, -0.2) is 8.42 Å². The van der Waals surface area contributed by atoms with E-state index < -0.39 is 10.0 Å². The van der Waals surface area contributed by atoms with E-state index in [4.69, 9.17) is 0 Å². The van der Waals surface area contributed by atoms with Crippen LogP contribution in [0.2, 0.25) is 0 Å². The number of carbonyl (C=O) groups is 1. The molecule has 2 aliphatic heterocycles. The summed E-state index contributed by atoms with van der Waals surface area (Å²) in [6.07, 6.45) is 5.61. The Morgan fingerprint density at radius 3 is 2.03 bits per heavy atom. The molecule has 0 unspecified atom stereocenters. The van der Waals surface area contributed by atoms with E-state index in [1.807, 2.05) is 18.2 Å². The number of para-hydroxylation sites is 1. The van der Waals surface area contributed by atoms with Crippen LogP contribution in [0.5, 0.6) is 0 Å². The zero-order chi connectivity index (χ0) is 21.7. The van der Waals surface area contributed by atoms with Crippen LogP contribution in [-0.2, 0) is 14.8 Å². The lowest BCUT2D eigenvalue weighted by Crippen LogP contribution is -2.38. The minimum atomic E-state index is -3.47. The summed E-state index contributed by atoms with van der Waals surface area (Å²) < 4.78 is 27.4. The molecule has 2 aliphatic rings. The van der Waals surface area contributed by atoms with Crippen LogP contribution in [0.1, 0.15) is 38.5 Å². The fraction of sp³-hybridized carbons (Fsp3) is 0.458. The number of piperidine rings is 1. The summed E-state index contributed by atoms with van der Waals surface area (Å²) in [5.74, 6) is -0.0173. The van der Waals surface area contributed by atoms with Crippen molar-refractivity contribution in [1.82, 2.24) is 4.31 Å². The van der Waals surface area contributed by atoms with Crippen LogP contribution in [-0.4, -0.2) is 44.8 Å². The Hall–Kier alpha value is -2.38. The lowest BCUT2D eigenvalue weighted by molar-refractivity contribution is -0.120. The van der Waals surface area contributed by atoms with Crippen LogP contribution in [0.25, 0.3) is 0 Å². The van der Waals surface area contributed by atoms with E-state index in [9.17, 15) is 13.2 Å². The maximum atomic E-state index is 12.9. The zero-order valence-corrected chi connectivity index (χ0v) is 18.7. The maximum absolute atomic E-state index is 12.9. The molecule has 6 nitrogen and oxygen atoms in total. The molecule has 0 bridgehead atoms. The second-order valence-electron chi connectivity index (χ2n) is 8.43. The minimum Gasteiger partial charge on any atom is -0.371 e. The molecule has 0 spiro atoms. The third-order valence-corrected chi connectivity index (χ3v) is 8.22. The van der Waals surface area contributed by atoms with Crippen LogP contribution in [0, 0.1) is 5.92 Å². The molecule has 2 heterocycles. The molecular formula is C24H31N3O3S. The second kappa shape index (κ2) is 9.83. The Morgan fingerprint density at radius 1 is 0.806 bits per heavy atom. The first kappa shape index (κ1) is 21.8. The molecule has 2 fully saturated rings. The molecule has 0 radical (unpaired) electrons. The van der Waals surface area contributed by atoms with Gasteiger partial charge in [-0.05, 0) is 62.1 Å². The molecule has 0 atom stereocenters. The van der Waals surface area contributed by atoms with Crippen LogP contribution in [0.15, 0.2) is 59.5 Å². The Morgan fingerprint density at radius 2 is 1.42 bits per heavy atom. The number of nitrogens with zero attached hydrogens (tertiary/aromatic N) is 2. The molecule has 0 aliphatic carbocycles. The van der Waals surface area contributed by atoms with E-state index in [1.54, 1.807) is 28.6 Å². The summed E-state index contributed by atoms with van der Waals surface area (Å²) in [6, 6.07) is 16.9. The van der Waals surface area contributed by atoms with Gasteiger partial charge >= 0.3 is 0 Å². The third-order valence-electron chi connectivity index (χ3n) is 6.31. The third kappa shape index (κ3) is 5.28. The van der Waals surface area contributed by atoms with E-state index in [-0.39, 0.29) is 11.8 Å². The summed E-state index contributed by atoms with van der Waals surface area (Å²) in [5.41, 5.74) is 1.84. The Labute approximate surface area is 185 Å². The van der Waals surface area contributed by atoms with Crippen molar-refractivity contribution in [2.75, 3.05) is 36.4 Å². The summed E-state index contributed by atoms with van der Waals surface area (Å²) >= 11 is 0. The average Bonchev–Trinajstić information content (AvgIpc) is 3.10. The van der Waals surface area contributed by atoms with Crippen LogP contribution in [0.4, 0.5) is 11.4 Å². The van der Waals surface area contributed by atoms with Crippen molar-refractivity contribution in [3.8, 4) is 0 Å². The standard InChI is InChI=1S/C24H31N3O3S/c28-24(20-14-18-26(19-15-20)22-8-4-3-5-9-22)25-21-10-12-23(13-11-21)31(29,30)27-16-6-1-2-7-17-27/h3-5,8-13,20H,1-2,6-7,14-19H2,(H,25,28). The van der Waals surface area contributed by atoms with Crippen molar-refractivity contribution in [2.45, 2.75) is 43.4 Å². The fourth-order valence-corrected chi connectivity index (χ4v) is 5.94. The molecule has 31 heavy (non-hydrogen) atoms. The number of rotatable bonds is 5. The zero-order valence-electron chi connectivity index (χ0n) is 17.9. The van der Waals surface area contributed by atoms with Gasteiger partial charge in [-0.2, -0.15) is 4.31 Å². The van der Waals surface area contributed by atoms with Crippen molar-refractivity contribution in [2.24, 2.45) is 5.92 Å². The van der Waals surface area contributed by atoms with E-state index in [1.165, 1.54) is 5.69 Å². The van der Waals surface area contributed by atoms with Crippen molar-refractivity contribution < 1.29 is 13.2 Å². The highest BCUT2D eigenvalue weighted by Gasteiger charge is 2.27. The van der Waals surface area contributed by atoms with Crippen molar-refractivity contribution in [1.29, 1.82) is 0 Å². The van der Waals surface area contributed by atoms with E-state index in [0.29, 0.717) is 23.7 Å². The molecule has 7 heteroatoms.